The number of hydrogen-bond donors (Lipinski definition) is 0. The number of unbranched alkanes of at least 4 members (excludes halogenated alkanes) is 2. The number of hydrogen-bond acceptors (Lipinski definition) is 0. The molecule has 0 N–H and O–H groups in total. The number of aryl methyl sites for hydroxylation is 2. The van der Waals surface area contributed by atoms with Crippen LogP contribution >= 0.6 is 0 Å². The molecule has 0 aliphatic rings. The Labute approximate surface area is 159 Å². The molecule has 142 valence electrons. The number of rotatable bonds is 7. The van der Waals surface area contributed by atoms with Crippen LogP contribution in [0.1, 0.15) is 50.7 Å². The molecule has 0 aromatic heterocycles. The minimum absolute atomic E-state index is 0.267. The second kappa shape index (κ2) is 8.60. The van der Waals surface area contributed by atoms with Gasteiger partial charge in [-0.3, -0.25) is 0 Å². The van der Waals surface area contributed by atoms with E-state index in [1.54, 1.807) is 18.2 Å². The Morgan fingerprint density at radius 1 is 0.704 bits per heavy atom. The molecule has 3 heteroatoms. The zero-order chi connectivity index (χ0) is 19.4. The van der Waals surface area contributed by atoms with Crippen LogP contribution in [-0.2, 0) is 12.8 Å². The summed E-state index contributed by atoms with van der Waals surface area (Å²) in [5, 5.41) is 0.131. The molecule has 0 fully saturated rings. The number of halogens is 3. The van der Waals surface area contributed by atoms with E-state index in [2.05, 4.69) is 6.92 Å². The monoisotopic (exact) mass is 370 g/mol. The molecule has 0 unspecified atom stereocenters. The SMILES string of the molecule is CCCCCc1ccc(-c2ccc3cc(CCC)c(F)c(F)c3c2F)cc1. The molecule has 0 spiro atoms. The van der Waals surface area contributed by atoms with E-state index in [-0.39, 0.29) is 5.39 Å². The smallest absolute Gasteiger partial charge is 0.169 e. The Morgan fingerprint density at radius 2 is 1.44 bits per heavy atom. The predicted molar refractivity (Wildman–Crippen MR) is 106 cm³/mol. The lowest BCUT2D eigenvalue weighted by molar-refractivity contribution is 0.502. The van der Waals surface area contributed by atoms with Gasteiger partial charge in [0.15, 0.2) is 11.6 Å². The maximum atomic E-state index is 15.1. The fourth-order valence-corrected chi connectivity index (χ4v) is 3.54. The van der Waals surface area contributed by atoms with E-state index in [9.17, 15) is 8.78 Å². The first-order chi connectivity index (χ1) is 13.1. The van der Waals surface area contributed by atoms with Gasteiger partial charge in [0.2, 0.25) is 0 Å². The lowest BCUT2D eigenvalue weighted by atomic mass is 9.96. The standard InChI is InChI=1S/C24H25F3/c1-3-5-6-8-16-9-11-17(12-10-16)20-14-13-18-15-19(7-4-2)22(25)24(27)21(18)23(20)26/h9-15H,3-8H2,1-2H3. The van der Waals surface area contributed by atoms with Crippen LogP contribution in [-0.4, -0.2) is 0 Å². The second-order valence-electron chi connectivity index (χ2n) is 7.09. The van der Waals surface area contributed by atoms with Crippen LogP contribution < -0.4 is 0 Å². The Kier molecular flexibility index (Phi) is 6.20. The minimum Gasteiger partial charge on any atom is -0.206 e. The summed E-state index contributed by atoms with van der Waals surface area (Å²) in [7, 11) is 0. The van der Waals surface area contributed by atoms with Gasteiger partial charge in [0.05, 0.1) is 5.39 Å². The van der Waals surface area contributed by atoms with E-state index in [0.717, 1.165) is 12.8 Å². The van der Waals surface area contributed by atoms with Crippen LogP contribution in [0, 0.1) is 17.5 Å². The molecule has 0 heterocycles. The molecular formula is C24H25F3. The molecule has 0 aliphatic heterocycles. The summed E-state index contributed by atoms with van der Waals surface area (Å²) in [5.74, 6) is -2.73. The fourth-order valence-electron chi connectivity index (χ4n) is 3.54. The largest absolute Gasteiger partial charge is 0.206 e. The zero-order valence-electron chi connectivity index (χ0n) is 15.9. The molecule has 3 aromatic carbocycles. The molecule has 0 saturated heterocycles. The first-order valence-corrected chi connectivity index (χ1v) is 9.75. The first-order valence-electron chi connectivity index (χ1n) is 9.75. The van der Waals surface area contributed by atoms with Crippen molar-refractivity contribution in [2.24, 2.45) is 0 Å². The molecule has 0 nitrogen and oxygen atoms in total. The molecule has 0 amide bonds. The van der Waals surface area contributed by atoms with Gasteiger partial charge in [0.25, 0.3) is 0 Å². The van der Waals surface area contributed by atoms with Crippen molar-refractivity contribution in [2.45, 2.75) is 52.4 Å². The highest BCUT2D eigenvalue weighted by Crippen LogP contribution is 2.33. The third kappa shape index (κ3) is 4.02. The van der Waals surface area contributed by atoms with Gasteiger partial charge in [-0.2, -0.15) is 0 Å². The van der Waals surface area contributed by atoms with E-state index < -0.39 is 17.5 Å². The van der Waals surface area contributed by atoms with Crippen molar-refractivity contribution in [3.8, 4) is 11.1 Å². The van der Waals surface area contributed by atoms with Crippen LogP contribution in [0.3, 0.4) is 0 Å². The molecule has 3 rings (SSSR count). The molecule has 0 radical (unpaired) electrons. The van der Waals surface area contributed by atoms with Crippen molar-refractivity contribution in [3.05, 3.63) is 71.0 Å². The van der Waals surface area contributed by atoms with Crippen LogP contribution in [0.5, 0.6) is 0 Å². The van der Waals surface area contributed by atoms with Gasteiger partial charge in [0, 0.05) is 5.56 Å². The van der Waals surface area contributed by atoms with Gasteiger partial charge in [-0.1, -0.05) is 69.5 Å². The van der Waals surface area contributed by atoms with Gasteiger partial charge in [-0.05, 0) is 47.4 Å². The normalized spacial score (nSPS) is 11.3. The number of fused-ring (bicyclic) bond motifs is 1. The van der Waals surface area contributed by atoms with Crippen molar-refractivity contribution in [3.63, 3.8) is 0 Å². The van der Waals surface area contributed by atoms with Crippen LogP contribution in [0.25, 0.3) is 21.9 Å². The highest BCUT2D eigenvalue weighted by atomic mass is 19.2. The van der Waals surface area contributed by atoms with E-state index in [1.807, 2.05) is 31.2 Å². The molecule has 3 aromatic rings. The minimum atomic E-state index is -1.09. The third-order valence-corrected chi connectivity index (χ3v) is 5.05. The summed E-state index contributed by atoms with van der Waals surface area (Å²) in [6, 6.07) is 12.5. The van der Waals surface area contributed by atoms with Gasteiger partial charge >= 0.3 is 0 Å². The second-order valence-corrected chi connectivity index (χ2v) is 7.09. The number of benzene rings is 3. The van der Waals surface area contributed by atoms with Crippen LogP contribution in [0.4, 0.5) is 13.2 Å². The van der Waals surface area contributed by atoms with E-state index in [1.165, 1.54) is 18.4 Å². The summed E-state index contributed by atoms with van der Waals surface area (Å²) in [6.45, 7) is 4.07. The summed E-state index contributed by atoms with van der Waals surface area (Å²) in [5.41, 5.74) is 2.47. The van der Waals surface area contributed by atoms with E-state index >= 15 is 4.39 Å². The van der Waals surface area contributed by atoms with Crippen LogP contribution in [0.2, 0.25) is 0 Å². The molecule has 0 aliphatic carbocycles. The highest BCUT2D eigenvalue weighted by molar-refractivity contribution is 5.89. The molecular weight excluding hydrogens is 345 g/mol. The molecule has 27 heavy (non-hydrogen) atoms. The lowest BCUT2D eigenvalue weighted by Gasteiger charge is -2.11. The van der Waals surface area contributed by atoms with Gasteiger partial charge in [0.1, 0.15) is 5.82 Å². The predicted octanol–water partition coefficient (Wildman–Crippen LogP) is 7.61. The molecule has 0 bridgehead atoms. The zero-order valence-corrected chi connectivity index (χ0v) is 15.9. The Hall–Kier alpha value is -2.29. The molecule has 0 saturated carbocycles. The van der Waals surface area contributed by atoms with Crippen molar-refractivity contribution >= 4 is 10.8 Å². The van der Waals surface area contributed by atoms with Crippen molar-refractivity contribution in [1.82, 2.24) is 0 Å². The van der Waals surface area contributed by atoms with Crippen molar-refractivity contribution in [1.29, 1.82) is 0 Å². The fraction of sp³-hybridized carbons (Fsp3) is 0.333. The maximum Gasteiger partial charge on any atom is 0.169 e. The highest BCUT2D eigenvalue weighted by Gasteiger charge is 2.19. The Bertz CT molecular complexity index is 927. The van der Waals surface area contributed by atoms with E-state index in [4.69, 9.17) is 0 Å². The maximum absolute atomic E-state index is 15.1. The van der Waals surface area contributed by atoms with Crippen molar-refractivity contribution < 1.29 is 13.2 Å². The summed E-state index contributed by atoms with van der Waals surface area (Å²) >= 11 is 0. The Morgan fingerprint density at radius 3 is 2.11 bits per heavy atom. The first kappa shape index (κ1) is 19.5. The van der Waals surface area contributed by atoms with Gasteiger partial charge < -0.3 is 0 Å². The van der Waals surface area contributed by atoms with Crippen LogP contribution in [0.15, 0.2) is 42.5 Å². The van der Waals surface area contributed by atoms with E-state index in [0.29, 0.717) is 34.9 Å². The lowest BCUT2D eigenvalue weighted by Crippen LogP contribution is -1.99. The summed E-state index contributed by atoms with van der Waals surface area (Å²) < 4.78 is 43.9. The summed E-state index contributed by atoms with van der Waals surface area (Å²) in [4.78, 5) is 0. The quantitative estimate of drug-likeness (QED) is 0.375. The molecule has 0 atom stereocenters. The average Bonchev–Trinajstić information content (AvgIpc) is 2.67. The average molecular weight is 370 g/mol. The van der Waals surface area contributed by atoms with Crippen molar-refractivity contribution in [2.75, 3.05) is 0 Å². The van der Waals surface area contributed by atoms with Gasteiger partial charge in [-0.15, -0.1) is 0 Å². The third-order valence-electron chi connectivity index (χ3n) is 5.05. The van der Waals surface area contributed by atoms with Gasteiger partial charge in [-0.25, -0.2) is 13.2 Å². The Balaban J connectivity index is 1.99. The topological polar surface area (TPSA) is 0 Å². The summed E-state index contributed by atoms with van der Waals surface area (Å²) in [6.07, 6.45) is 5.61.